The summed E-state index contributed by atoms with van der Waals surface area (Å²) in [6.07, 6.45) is 1.81. The largest absolute Gasteiger partial charge is 2.00 e. The average molecular weight is 824 g/mol. The van der Waals surface area contributed by atoms with Crippen molar-refractivity contribution in [1.29, 1.82) is 0 Å². The Morgan fingerprint density at radius 2 is 1.30 bits per heavy atom. The third-order valence-electron chi connectivity index (χ3n) is 9.66. The van der Waals surface area contributed by atoms with Crippen LogP contribution in [-0.4, -0.2) is 18.9 Å². The Kier molecular flexibility index (Phi) is 7.08. The Labute approximate surface area is 302 Å². The topological polar surface area (TPSA) is 44.3 Å². The quantitative estimate of drug-likeness (QED) is 0.131. The van der Waals surface area contributed by atoms with Crippen LogP contribution in [0.15, 0.2) is 134 Å². The van der Waals surface area contributed by atoms with E-state index in [0.29, 0.717) is 11.5 Å². The first kappa shape index (κ1) is 30.3. The first-order chi connectivity index (χ1) is 24.1. The second kappa shape index (κ2) is 11.7. The molecule has 0 aliphatic heterocycles. The molecule has 0 aliphatic rings. The summed E-state index contributed by atoms with van der Waals surface area (Å²) in [6, 6.07) is 51.3. The molecular formula is C44H28N4OPt. The maximum atomic E-state index is 6.54. The zero-order valence-corrected chi connectivity index (χ0v) is 29.5. The average Bonchev–Trinajstić information content (AvgIpc) is 3.68. The first-order valence-electron chi connectivity index (χ1n) is 16.4. The van der Waals surface area contributed by atoms with Crippen LogP contribution >= 0.6 is 0 Å². The monoisotopic (exact) mass is 823 g/mol. The summed E-state index contributed by atoms with van der Waals surface area (Å²) in [4.78, 5) is 9.81. The van der Waals surface area contributed by atoms with Crippen LogP contribution in [-0.2, 0) is 21.1 Å². The van der Waals surface area contributed by atoms with E-state index in [1.165, 1.54) is 22.3 Å². The van der Waals surface area contributed by atoms with Crippen LogP contribution in [0.4, 0.5) is 0 Å². The Morgan fingerprint density at radius 1 is 0.600 bits per heavy atom. The predicted octanol–water partition coefficient (Wildman–Crippen LogP) is 11.0. The molecule has 5 nitrogen and oxygen atoms in total. The van der Waals surface area contributed by atoms with Crippen LogP contribution in [0.2, 0.25) is 0 Å². The van der Waals surface area contributed by atoms with Crippen molar-refractivity contribution in [2.75, 3.05) is 0 Å². The summed E-state index contributed by atoms with van der Waals surface area (Å²) in [7, 11) is 0. The van der Waals surface area contributed by atoms with Gasteiger partial charge in [-0.15, -0.1) is 29.7 Å². The molecule has 0 saturated heterocycles. The number of ether oxygens (including phenoxy) is 1. The van der Waals surface area contributed by atoms with Gasteiger partial charge >= 0.3 is 21.1 Å². The normalized spacial score (nSPS) is 11.6. The van der Waals surface area contributed by atoms with Crippen molar-refractivity contribution in [2.45, 2.75) is 13.8 Å². The summed E-state index contributed by atoms with van der Waals surface area (Å²) >= 11 is 0. The summed E-state index contributed by atoms with van der Waals surface area (Å²) in [5, 5.41) is 5.35. The SMILES string of the molecule is Cc1cccc(C)c1-c1ccc2c3ccc(Oc4[c-]c5c(cc4)c4ccccc4n5-c4ccccn4)[c-]c3c3nc4ccccc4n3c2c1.[Pt+2]. The van der Waals surface area contributed by atoms with Crippen molar-refractivity contribution in [3.63, 3.8) is 0 Å². The predicted molar refractivity (Wildman–Crippen MR) is 199 cm³/mol. The standard InChI is InChI=1S/C44H28N4O.Pt/c1-27-10-9-11-28(2)43(27)29-17-20-34-32-21-18-30(25-36(32)44-46-37-13-4-6-15-39(37)48(44)40(34)24-29)49-31-19-22-35-33-12-3-5-14-38(33)47(41(35)26-31)42-16-7-8-23-45-42;/h3-24H,1-2H3;/q-2;+2. The number of hydrogen-bond donors (Lipinski definition) is 0. The van der Waals surface area contributed by atoms with Crippen LogP contribution in [0, 0.1) is 26.0 Å². The van der Waals surface area contributed by atoms with Gasteiger partial charge in [-0.25, -0.2) is 4.98 Å². The van der Waals surface area contributed by atoms with E-state index in [0.717, 1.165) is 66.0 Å². The molecule has 0 bridgehead atoms. The molecule has 0 radical (unpaired) electrons. The smallest absolute Gasteiger partial charge is 0.503 e. The van der Waals surface area contributed by atoms with E-state index in [-0.39, 0.29) is 21.1 Å². The van der Waals surface area contributed by atoms with Crippen LogP contribution in [0.3, 0.4) is 0 Å². The molecule has 6 heteroatoms. The number of nitrogens with zero attached hydrogens (tertiary/aromatic N) is 4. The number of hydrogen-bond acceptors (Lipinski definition) is 3. The van der Waals surface area contributed by atoms with Gasteiger partial charge in [0.15, 0.2) is 0 Å². The van der Waals surface area contributed by atoms with Gasteiger partial charge in [-0.3, -0.25) is 4.98 Å². The van der Waals surface area contributed by atoms with E-state index in [1.807, 2.05) is 42.6 Å². The molecule has 10 aromatic rings. The van der Waals surface area contributed by atoms with Gasteiger partial charge < -0.3 is 13.7 Å². The van der Waals surface area contributed by atoms with E-state index in [1.54, 1.807) is 0 Å². The molecule has 0 atom stereocenters. The van der Waals surface area contributed by atoms with Crippen molar-refractivity contribution < 1.29 is 25.8 Å². The maximum absolute atomic E-state index is 6.54. The first-order valence-corrected chi connectivity index (χ1v) is 16.4. The third-order valence-corrected chi connectivity index (χ3v) is 9.66. The van der Waals surface area contributed by atoms with E-state index >= 15 is 0 Å². The molecule has 10 rings (SSSR count). The zero-order valence-electron chi connectivity index (χ0n) is 27.2. The molecule has 6 aromatic carbocycles. The summed E-state index contributed by atoms with van der Waals surface area (Å²) in [5.41, 5.74) is 10.9. The molecule has 0 spiro atoms. The molecule has 4 aromatic heterocycles. The molecule has 240 valence electrons. The van der Waals surface area contributed by atoms with Gasteiger partial charge in [0.05, 0.1) is 16.7 Å². The fourth-order valence-electron chi connectivity index (χ4n) is 7.52. The third kappa shape index (κ3) is 4.58. The Bertz CT molecular complexity index is 2920. The number of para-hydroxylation sites is 3. The van der Waals surface area contributed by atoms with Crippen molar-refractivity contribution in [3.8, 4) is 28.4 Å². The van der Waals surface area contributed by atoms with Gasteiger partial charge in [0.25, 0.3) is 0 Å². The Hall–Kier alpha value is -5.77. The number of aromatic nitrogens is 4. The molecule has 4 heterocycles. The number of imidazole rings is 1. The number of fused-ring (bicyclic) bond motifs is 11. The van der Waals surface area contributed by atoms with Gasteiger partial charge in [0.1, 0.15) is 5.82 Å². The molecule has 50 heavy (non-hydrogen) atoms. The summed E-state index contributed by atoms with van der Waals surface area (Å²) in [5.74, 6) is 2.04. The fraction of sp³-hybridized carbons (Fsp3) is 0.0455. The van der Waals surface area contributed by atoms with Gasteiger partial charge in [-0.2, -0.15) is 6.07 Å². The van der Waals surface area contributed by atoms with Gasteiger partial charge in [-0.05, 0) is 83.3 Å². The van der Waals surface area contributed by atoms with Crippen molar-refractivity contribution in [3.05, 3.63) is 157 Å². The van der Waals surface area contributed by atoms with Gasteiger partial charge in [-0.1, -0.05) is 89.1 Å². The number of rotatable bonds is 4. The molecule has 0 N–H and O–H groups in total. The second-order valence-electron chi connectivity index (χ2n) is 12.6. The molecule has 0 fully saturated rings. The van der Waals surface area contributed by atoms with E-state index < -0.39 is 0 Å². The number of benzene rings is 6. The molecule has 0 saturated carbocycles. The minimum atomic E-state index is 0. The van der Waals surface area contributed by atoms with Gasteiger partial charge in [0.2, 0.25) is 0 Å². The van der Waals surface area contributed by atoms with E-state index in [2.05, 4.69) is 131 Å². The van der Waals surface area contributed by atoms with E-state index in [4.69, 9.17) is 9.72 Å². The van der Waals surface area contributed by atoms with Crippen molar-refractivity contribution >= 4 is 60.2 Å². The van der Waals surface area contributed by atoms with E-state index in [9.17, 15) is 0 Å². The summed E-state index contributed by atoms with van der Waals surface area (Å²) in [6.45, 7) is 4.36. The van der Waals surface area contributed by atoms with Crippen LogP contribution in [0.1, 0.15) is 11.1 Å². The maximum Gasteiger partial charge on any atom is 2.00 e. The Balaban J connectivity index is 0.00000336. The molecular weight excluding hydrogens is 796 g/mol. The van der Waals surface area contributed by atoms with Crippen LogP contribution in [0.5, 0.6) is 11.5 Å². The molecule has 0 amide bonds. The second-order valence-corrected chi connectivity index (χ2v) is 12.6. The minimum Gasteiger partial charge on any atom is -0.503 e. The Morgan fingerprint density at radius 3 is 2.12 bits per heavy atom. The number of aryl methyl sites for hydroxylation is 2. The van der Waals surface area contributed by atoms with Crippen molar-refractivity contribution in [2.24, 2.45) is 0 Å². The fourth-order valence-corrected chi connectivity index (χ4v) is 7.52. The zero-order chi connectivity index (χ0) is 32.6. The minimum absolute atomic E-state index is 0. The number of pyridine rings is 2. The van der Waals surface area contributed by atoms with Crippen molar-refractivity contribution in [1.82, 2.24) is 18.9 Å². The summed E-state index contributed by atoms with van der Waals surface area (Å²) < 4.78 is 10.9. The van der Waals surface area contributed by atoms with Gasteiger partial charge in [0, 0.05) is 28.7 Å². The van der Waals surface area contributed by atoms with Crippen LogP contribution in [0.25, 0.3) is 77.1 Å². The van der Waals surface area contributed by atoms with Crippen LogP contribution < -0.4 is 4.74 Å². The molecule has 0 aliphatic carbocycles. The molecule has 0 unspecified atom stereocenters.